The van der Waals surface area contributed by atoms with E-state index in [-0.39, 0.29) is 18.6 Å². The fourth-order valence-corrected chi connectivity index (χ4v) is 2.75. The summed E-state index contributed by atoms with van der Waals surface area (Å²) < 4.78 is 5.84. The third-order valence-electron chi connectivity index (χ3n) is 4.12. The van der Waals surface area contributed by atoms with Gasteiger partial charge in [-0.3, -0.25) is 15.0 Å². The van der Waals surface area contributed by atoms with Gasteiger partial charge in [-0.1, -0.05) is 44.2 Å². The number of imide groups is 1. The number of rotatable bonds is 7. The first kappa shape index (κ1) is 19.4. The molecular formula is C19H29N3O3. The summed E-state index contributed by atoms with van der Waals surface area (Å²) >= 11 is 0. The lowest BCUT2D eigenvalue weighted by molar-refractivity contribution is -0.121. The van der Waals surface area contributed by atoms with E-state index in [4.69, 9.17) is 4.74 Å². The molecule has 0 atom stereocenters. The Morgan fingerprint density at radius 3 is 2.52 bits per heavy atom. The van der Waals surface area contributed by atoms with Crippen LogP contribution in [0.5, 0.6) is 0 Å². The topological polar surface area (TPSA) is 70.7 Å². The van der Waals surface area contributed by atoms with E-state index >= 15 is 0 Å². The summed E-state index contributed by atoms with van der Waals surface area (Å²) in [6, 6.07) is 9.14. The minimum atomic E-state index is -0.455. The van der Waals surface area contributed by atoms with Crippen molar-refractivity contribution in [2.24, 2.45) is 5.92 Å². The van der Waals surface area contributed by atoms with Crippen LogP contribution in [0, 0.1) is 5.92 Å². The minimum Gasteiger partial charge on any atom is -0.378 e. The highest BCUT2D eigenvalue weighted by Gasteiger charge is 2.22. The van der Waals surface area contributed by atoms with Crippen molar-refractivity contribution >= 4 is 11.9 Å². The molecule has 1 aromatic carbocycles. The van der Waals surface area contributed by atoms with E-state index in [2.05, 4.69) is 29.4 Å². The lowest BCUT2D eigenvalue weighted by Crippen LogP contribution is -2.47. The molecule has 6 heteroatoms. The van der Waals surface area contributed by atoms with Gasteiger partial charge in [-0.15, -0.1) is 0 Å². The molecule has 2 rings (SSSR count). The first-order valence-corrected chi connectivity index (χ1v) is 8.98. The summed E-state index contributed by atoms with van der Waals surface area (Å²) in [5.41, 5.74) is 0.994. The Morgan fingerprint density at radius 2 is 1.88 bits per heavy atom. The zero-order valence-corrected chi connectivity index (χ0v) is 15.2. The van der Waals surface area contributed by atoms with Crippen molar-refractivity contribution in [1.29, 1.82) is 0 Å². The minimum absolute atomic E-state index is 0.246. The van der Waals surface area contributed by atoms with Gasteiger partial charge in [0.05, 0.1) is 12.6 Å². The standard InChI is InChI=1S/C19H29N3O3/c1-15(2)14-25-17-8-10-22(11-9-17)13-18(23)21-19(24)20-12-16-6-4-3-5-7-16/h3-7,15,17H,8-14H2,1-2H3,(H2,20,21,23,24). The molecule has 1 aliphatic rings. The van der Waals surface area contributed by atoms with Crippen molar-refractivity contribution in [1.82, 2.24) is 15.5 Å². The van der Waals surface area contributed by atoms with Crippen LogP contribution in [0.4, 0.5) is 4.79 Å². The van der Waals surface area contributed by atoms with Crippen LogP contribution in [0.1, 0.15) is 32.3 Å². The number of benzene rings is 1. The Hall–Kier alpha value is -1.92. The number of carbonyl (C=O) groups is 2. The second-order valence-corrected chi connectivity index (χ2v) is 6.92. The van der Waals surface area contributed by atoms with Crippen LogP contribution in [-0.2, 0) is 16.1 Å². The van der Waals surface area contributed by atoms with Crippen LogP contribution >= 0.6 is 0 Å². The molecule has 25 heavy (non-hydrogen) atoms. The van der Waals surface area contributed by atoms with E-state index in [9.17, 15) is 9.59 Å². The number of urea groups is 1. The zero-order chi connectivity index (χ0) is 18.1. The largest absolute Gasteiger partial charge is 0.378 e. The molecule has 1 saturated heterocycles. The number of hydrogen-bond donors (Lipinski definition) is 2. The average Bonchev–Trinajstić information content (AvgIpc) is 2.60. The molecule has 6 nitrogen and oxygen atoms in total. The number of ether oxygens (including phenoxy) is 1. The third kappa shape index (κ3) is 7.67. The van der Waals surface area contributed by atoms with Crippen molar-refractivity contribution in [2.45, 2.75) is 39.3 Å². The number of carbonyl (C=O) groups excluding carboxylic acids is 2. The van der Waals surface area contributed by atoms with Crippen molar-refractivity contribution in [3.8, 4) is 0 Å². The first-order valence-electron chi connectivity index (χ1n) is 8.98. The van der Waals surface area contributed by atoms with E-state index in [1.807, 2.05) is 30.3 Å². The molecule has 1 aromatic rings. The Morgan fingerprint density at radius 1 is 1.20 bits per heavy atom. The zero-order valence-electron chi connectivity index (χ0n) is 15.2. The highest BCUT2D eigenvalue weighted by molar-refractivity contribution is 5.95. The molecular weight excluding hydrogens is 318 g/mol. The molecule has 0 unspecified atom stereocenters. The molecule has 138 valence electrons. The second-order valence-electron chi connectivity index (χ2n) is 6.92. The normalized spacial score (nSPS) is 16.0. The van der Waals surface area contributed by atoms with Crippen LogP contribution in [0.25, 0.3) is 0 Å². The molecule has 1 fully saturated rings. The average molecular weight is 347 g/mol. The monoisotopic (exact) mass is 347 g/mol. The molecule has 0 aromatic heterocycles. The molecule has 3 amide bonds. The van der Waals surface area contributed by atoms with Crippen molar-refractivity contribution in [3.63, 3.8) is 0 Å². The van der Waals surface area contributed by atoms with Crippen LogP contribution in [0.2, 0.25) is 0 Å². The molecule has 0 radical (unpaired) electrons. The lowest BCUT2D eigenvalue weighted by atomic mass is 10.1. The van der Waals surface area contributed by atoms with Gasteiger partial charge in [0, 0.05) is 26.2 Å². The Bertz CT molecular complexity index is 540. The van der Waals surface area contributed by atoms with E-state index in [1.165, 1.54) is 0 Å². The van der Waals surface area contributed by atoms with Gasteiger partial charge in [-0.2, -0.15) is 0 Å². The maximum Gasteiger partial charge on any atom is 0.321 e. The predicted molar refractivity (Wildman–Crippen MR) is 97.1 cm³/mol. The number of hydrogen-bond acceptors (Lipinski definition) is 4. The molecule has 2 N–H and O–H groups in total. The van der Waals surface area contributed by atoms with Crippen LogP contribution < -0.4 is 10.6 Å². The highest BCUT2D eigenvalue weighted by Crippen LogP contribution is 2.14. The summed E-state index contributed by atoms with van der Waals surface area (Å²) in [5, 5.41) is 5.08. The van der Waals surface area contributed by atoms with E-state index in [1.54, 1.807) is 0 Å². The van der Waals surface area contributed by atoms with Crippen LogP contribution in [0.15, 0.2) is 30.3 Å². The molecule has 0 aliphatic carbocycles. The van der Waals surface area contributed by atoms with Crippen LogP contribution in [0.3, 0.4) is 0 Å². The maximum atomic E-state index is 12.0. The Kier molecular flexibility index (Phi) is 7.88. The smallest absolute Gasteiger partial charge is 0.321 e. The lowest BCUT2D eigenvalue weighted by Gasteiger charge is -2.31. The third-order valence-corrected chi connectivity index (χ3v) is 4.12. The Labute approximate surface area is 149 Å². The van der Waals surface area contributed by atoms with E-state index in [0.717, 1.165) is 38.1 Å². The molecule has 0 bridgehead atoms. The highest BCUT2D eigenvalue weighted by atomic mass is 16.5. The van der Waals surface area contributed by atoms with Gasteiger partial charge in [0.2, 0.25) is 5.91 Å². The molecule has 0 saturated carbocycles. The van der Waals surface area contributed by atoms with Gasteiger partial charge in [0.15, 0.2) is 0 Å². The van der Waals surface area contributed by atoms with Gasteiger partial charge < -0.3 is 10.1 Å². The van der Waals surface area contributed by atoms with Gasteiger partial charge >= 0.3 is 6.03 Å². The Balaban J connectivity index is 1.61. The SMILES string of the molecule is CC(C)COC1CCN(CC(=O)NC(=O)NCc2ccccc2)CC1. The fraction of sp³-hybridized carbons (Fsp3) is 0.579. The number of piperidine rings is 1. The molecule has 1 heterocycles. The summed E-state index contributed by atoms with van der Waals surface area (Å²) in [6.07, 6.45) is 2.15. The predicted octanol–water partition coefficient (Wildman–Crippen LogP) is 2.15. The van der Waals surface area contributed by atoms with Crippen molar-refractivity contribution < 1.29 is 14.3 Å². The van der Waals surface area contributed by atoms with E-state index in [0.29, 0.717) is 12.5 Å². The maximum absolute atomic E-state index is 12.0. The fourth-order valence-electron chi connectivity index (χ4n) is 2.75. The van der Waals surface area contributed by atoms with Crippen LogP contribution in [-0.4, -0.2) is 49.2 Å². The van der Waals surface area contributed by atoms with Gasteiger partial charge in [-0.25, -0.2) is 4.79 Å². The van der Waals surface area contributed by atoms with Crippen molar-refractivity contribution in [3.05, 3.63) is 35.9 Å². The summed E-state index contributed by atoms with van der Waals surface area (Å²) in [7, 11) is 0. The molecule has 1 aliphatic heterocycles. The molecule has 0 spiro atoms. The number of nitrogens with zero attached hydrogens (tertiary/aromatic N) is 1. The van der Waals surface area contributed by atoms with Gasteiger partial charge in [0.25, 0.3) is 0 Å². The van der Waals surface area contributed by atoms with E-state index < -0.39 is 6.03 Å². The number of likely N-dealkylation sites (tertiary alicyclic amines) is 1. The summed E-state index contributed by atoms with van der Waals surface area (Å²) in [4.78, 5) is 25.8. The quantitative estimate of drug-likeness (QED) is 0.793. The number of nitrogens with one attached hydrogen (secondary N) is 2. The van der Waals surface area contributed by atoms with Gasteiger partial charge in [-0.05, 0) is 24.3 Å². The second kappa shape index (κ2) is 10.2. The summed E-state index contributed by atoms with van der Waals surface area (Å²) in [6.45, 7) is 7.36. The summed E-state index contributed by atoms with van der Waals surface area (Å²) in [5.74, 6) is 0.269. The van der Waals surface area contributed by atoms with Gasteiger partial charge in [0.1, 0.15) is 0 Å². The number of amides is 3. The van der Waals surface area contributed by atoms with Crippen molar-refractivity contribution in [2.75, 3.05) is 26.2 Å². The first-order chi connectivity index (χ1) is 12.0.